The lowest BCUT2D eigenvalue weighted by atomic mass is 9.97. The van der Waals surface area contributed by atoms with Crippen molar-refractivity contribution in [3.8, 4) is 0 Å². The molecular formula is C17H26N2O2. The van der Waals surface area contributed by atoms with Gasteiger partial charge >= 0.3 is 5.97 Å². The molecule has 0 amide bonds. The van der Waals surface area contributed by atoms with Gasteiger partial charge in [0.05, 0.1) is 0 Å². The molecule has 2 rings (SSSR count). The van der Waals surface area contributed by atoms with E-state index in [9.17, 15) is 9.90 Å². The van der Waals surface area contributed by atoms with Crippen LogP contribution in [0.4, 0.5) is 5.69 Å². The van der Waals surface area contributed by atoms with Crippen molar-refractivity contribution in [1.29, 1.82) is 0 Å². The summed E-state index contributed by atoms with van der Waals surface area (Å²) in [6.45, 7) is 4.65. The molecule has 0 bridgehead atoms. The maximum absolute atomic E-state index is 11.5. The normalized spacial score (nSPS) is 17.3. The van der Waals surface area contributed by atoms with Crippen LogP contribution in [0.2, 0.25) is 0 Å². The summed E-state index contributed by atoms with van der Waals surface area (Å²) in [7, 11) is 2.01. The van der Waals surface area contributed by atoms with Gasteiger partial charge < -0.3 is 10.0 Å². The monoisotopic (exact) mass is 290 g/mol. The average molecular weight is 290 g/mol. The van der Waals surface area contributed by atoms with E-state index in [-0.39, 0.29) is 0 Å². The number of nitrogens with zero attached hydrogens (tertiary/aromatic N) is 1. The second-order valence-corrected chi connectivity index (χ2v) is 6.25. The Bertz CT molecular complexity index is 482. The van der Waals surface area contributed by atoms with Crippen molar-refractivity contribution >= 4 is 11.7 Å². The molecule has 1 aliphatic rings. The van der Waals surface area contributed by atoms with Gasteiger partial charge in [0.1, 0.15) is 5.54 Å². The molecule has 0 aliphatic heterocycles. The highest BCUT2D eigenvalue weighted by Crippen LogP contribution is 2.25. The van der Waals surface area contributed by atoms with Crippen LogP contribution in [0.15, 0.2) is 24.3 Å². The lowest BCUT2D eigenvalue weighted by Gasteiger charge is -2.29. The van der Waals surface area contributed by atoms with E-state index in [2.05, 4.69) is 41.4 Å². The molecule has 2 N–H and O–H groups in total. The molecule has 4 nitrogen and oxygen atoms in total. The second kappa shape index (κ2) is 6.48. The smallest absolute Gasteiger partial charge is 0.323 e. The van der Waals surface area contributed by atoms with Gasteiger partial charge in [0, 0.05) is 25.3 Å². The Morgan fingerprint density at radius 1 is 1.38 bits per heavy atom. The highest BCUT2D eigenvalue weighted by Gasteiger charge is 2.38. The van der Waals surface area contributed by atoms with Gasteiger partial charge in [-0.05, 0) is 50.3 Å². The topological polar surface area (TPSA) is 52.6 Å². The highest BCUT2D eigenvalue weighted by atomic mass is 16.4. The minimum atomic E-state index is -0.835. The quantitative estimate of drug-likeness (QED) is 0.773. The number of hydrogen-bond acceptors (Lipinski definition) is 3. The molecule has 1 unspecified atom stereocenters. The molecule has 21 heavy (non-hydrogen) atoms. The fourth-order valence-corrected chi connectivity index (χ4v) is 2.43. The Morgan fingerprint density at radius 2 is 2.00 bits per heavy atom. The third-order valence-electron chi connectivity index (χ3n) is 4.30. The number of carboxylic acid groups (broad SMARTS) is 1. The van der Waals surface area contributed by atoms with Crippen molar-refractivity contribution in [3.63, 3.8) is 0 Å². The van der Waals surface area contributed by atoms with E-state index < -0.39 is 11.5 Å². The number of carboxylic acids is 1. The zero-order chi connectivity index (χ0) is 15.5. The van der Waals surface area contributed by atoms with Gasteiger partial charge in [-0.3, -0.25) is 10.1 Å². The third kappa shape index (κ3) is 4.21. The summed E-state index contributed by atoms with van der Waals surface area (Å²) in [5.41, 5.74) is 1.61. The van der Waals surface area contributed by atoms with Gasteiger partial charge in [-0.2, -0.15) is 0 Å². The van der Waals surface area contributed by atoms with Crippen LogP contribution < -0.4 is 10.2 Å². The van der Waals surface area contributed by atoms with Gasteiger partial charge in [0.25, 0.3) is 0 Å². The van der Waals surface area contributed by atoms with Crippen LogP contribution in [0.5, 0.6) is 0 Å². The van der Waals surface area contributed by atoms with Crippen LogP contribution in [0.25, 0.3) is 0 Å². The molecule has 4 heteroatoms. The number of carbonyl (C=O) groups is 1. The van der Waals surface area contributed by atoms with E-state index in [0.29, 0.717) is 19.0 Å². The van der Waals surface area contributed by atoms with Crippen molar-refractivity contribution < 1.29 is 9.90 Å². The van der Waals surface area contributed by atoms with Crippen LogP contribution in [-0.4, -0.2) is 36.2 Å². The van der Waals surface area contributed by atoms with Crippen molar-refractivity contribution in [2.24, 2.45) is 0 Å². The predicted molar refractivity (Wildman–Crippen MR) is 85.9 cm³/mol. The standard InChI is InChI=1S/C17H26N2O2/c1-4-13-5-9-15(10-6-13)19(3)12-11-17(2,16(20)21)18-14-7-8-14/h5-6,9-10,14,18H,4,7-8,11-12H2,1-3H3,(H,20,21). The van der Waals surface area contributed by atoms with Gasteiger partial charge in [-0.15, -0.1) is 0 Å². The fraction of sp³-hybridized carbons (Fsp3) is 0.588. The van der Waals surface area contributed by atoms with E-state index >= 15 is 0 Å². The molecule has 0 saturated heterocycles. The molecule has 116 valence electrons. The zero-order valence-electron chi connectivity index (χ0n) is 13.2. The first kappa shape index (κ1) is 15.8. The van der Waals surface area contributed by atoms with Crippen LogP contribution in [0.1, 0.15) is 38.7 Å². The molecule has 0 heterocycles. The van der Waals surface area contributed by atoms with E-state index in [1.54, 1.807) is 6.92 Å². The number of aliphatic carboxylic acids is 1. The maximum atomic E-state index is 11.5. The van der Waals surface area contributed by atoms with Gasteiger partial charge in [0.15, 0.2) is 0 Å². The summed E-state index contributed by atoms with van der Waals surface area (Å²) in [6.07, 6.45) is 3.81. The van der Waals surface area contributed by atoms with Crippen LogP contribution in [0, 0.1) is 0 Å². The number of hydrogen-bond donors (Lipinski definition) is 2. The van der Waals surface area contributed by atoms with Gasteiger partial charge in [-0.1, -0.05) is 19.1 Å². The number of rotatable bonds is 8. The minimum Gasteiger partial charge on any atom is -0.480 e. The molecular weight excluding hydrogens is 264 g/mol. The Labute approximate surface area is 127 Å². The first-order valence-electron chi connectivity index (χ1n) is 7.76. The lowest BCUT2D eigenvalue weighted by Crippen LogP contribution is -2.52. The molecule has 0 radical (unpaired) electrons. The van der Waals surface area contributed by atoms with Crippen molar-refractivity contribution in [2.75, 3.05) is 18.5 Å². The summed E-state index contributed by atoms with van der Waals surface area (Å²) >= 11 is 0. The highest BCUT2D eigenvalue weighted by molar-refractivity contribution is 5.78. The lowest BCUT2D eigenvalue weighted by molar-refractivity contribution is -0.144. The molecule has 0 aromatic heterocycles. The van der Waals surface area contributed by atoms with Gasteiger partial charge in [-0.25, -0.2) is 0 Å². The molecule has 1 aromatic rings. The molecule has 1 aromatic carbocycles. The third-order valence-corrected chi connectivity index (χ3v) is 4.30. The van der Waals surface area contributed by atoms with Gasteiger partial charge in [0.2, 0.25) is 0 Å². The first-order chi connectivity index (χ1) is 9.94. The summed E-state index contributed by atoms with van der Waals surface area (Å²) < 4.78 is 0. The molecule has 0 spiro atoms. The second-order valence-electron chi connectivity index (χ2n) is 6.25. The fourth-order valence-electron chi connectivity index (χ4n) is 2.43. The molecule has 1 fully saturated rings. The van der Waals surface area contributed by atoms with E-state index in [4.69, 9.17) is 0 Å². The maximum Gasteiger partial charge on any atom is 0.323 e. The van der Waals surface area contributed by atoms with E-state index in [1.807, 2.05) is 7.05 Å². The molecule has 1 atom stereocenters. The number of nitrogens with one attached hydrogen (secondary N) is 1. The van der Waals surface area contributed by atoms with Crippen LogP contribution in [-0.2, 0) is 11.2 Å². The Morgan fingerprint density at radius 3 is 2.48 bits per heavy atom. The predicted octanol–water partition coefficient (Wildman–Crippen LogP) is 2.67. The Balaban J connectivity index is 1.93. The SMILES string of the molecule is CCc1ccc(N(C)CCC(C)(NC2CC2)C(=O)O)cc1. The summed E-state index contributed by atoms with van der Waals surface area (Å²) in [4.78, 5) is 13.7. The number of aryl methyl sites for hydroxylation is 1. The number of anilines is 1. The Hall–Kier alpha value is -1.55. The average Bonchev–Trinajstić information content (AvgIpc) is 3.28. The van der Waals surface area contributed by atoms with Crippen LogP contribution >= 0.6 is 0 Å². The van der Waals surface area contributed by atoms with Crippen LogP contribution in [0.3, 0.4) is 0 Å². The summed E-state index contributed by atoms with van der Waals surface area (Å²) in [5.74, 6) is -0.760. The summed E-state index contributed by atoms with van der Waals surface area (Å²) in [5, 5.41) is 12.7. The largest absolute Gasteiger partial charge is 0.480 e. The number of benzene rings is 1. The Kier molecular flexibility index (Phi) is 4.88. The van der Waals surface area contributed by atoms with Crippen molar-refractivity contribution in [3.05, 3.63) is 29.8 Å². The van der Waals surface area contributed by atoms with Crippen molar-refractivity contribution in [2.45, 2.75) is 51.1 Å². The molecule has 1 aliphatic carbocycles. The first-order valence-corrected chi connectivity index (χ1v) is 7.76. The van der Waals surface area contributed by atoms with Crippen molar-refractivity contribution in [1.82, 2.24) is 5.32 Å². The molecule has 1 saturated carbocycles. The minimum absolute atomic E-state index is 0.389. The zero-order valence-corrected chi connectivity index (χ0v) is 13.2. The van der Waals surface area contributed by atoms with E-state index in [0.717, 1.165) is 24.9 Å². The summed E-state index contributed by atoms with van der Waals surface area (Å²) in [6, 6.07) is 8.85. The van der Waals surface area contributed by atoms with E-state index in [1.165, 1.54) is 5.56 Å².